The third kappa shape index (κ3) is 7.63. The standard InChI is InChI=1S/C15H20O3/c16-15(17)11-7-2-1-3-8-12-18-13-14-9-5-4-6-10-14/h1-2,4-6,9-10H,3,7-8,11-13H2,(H,16,17)/b2-1+. The zero-order valence-corrected chi connectivity index (χ0v) is 10.5. The fourth-order valence-electron chi connectivity index (χ4n) is 1.51. The molecule has 0 aliphatic heterocycles. The maximum Gasteiger partial charge on any atom is 0.303 e. The molecule has 1 rings (SSSR count). The van der Waals surface area contributed by atoms with Gasteiger partial charge in [-0.15, -0.1) is 0 Å². The molecule has 1 N–H and O–H groups in total. The molecule has 0 aliphatic rings. The molecule has 0 aliphatic carbocycles. The van der Waals surface area contributed by atoms with Gasteiger partial charge < -0.3 is 9.84 Å². The number of carbonyl (C=O) groups is 1. The summed E-state index contributed by atoms with van der Waals surface area (Å²) >= 11 is 0. The predicted octanol–water partition coefficient (Wildman–Crippen LogP) is 3.40. The molecule has 0 spiro atoms. The highest BCUT2D eigenvalue weighted by atomic mass is 16.5. The largest absolute Gasteiger partial charge is 0.481 e. The van der Waals surface area contributed by atoms with Crippen LogP contribution in [-0.4, -0.2) is 17.7 Å². The van der Waals surface area contributed by atoms with Crippen LogP contribution >= 0.6 is 0 Å². The number of benzene rings is 1. The molecule has 0 bridgehead atoms. The first-order chi connectivity index (χ1) is 8.79. The Morgan fingerprint density at radius 1 is 1.17 bits per heavy atom. The Hall–Kier alpha value is -1.61. The third-order valence-electron chi connectivity index (χ3n) is 2.46. The van der Waals surface area contributed by atoms with Crippen LogP contribution in [-0.2, 0) is 16.1 Å². The molecular weight excluding hydrogens is 228 g/mol. The van der Waals surface area contributed by atoms with Gasteiger partial charge in [-0.25, -0.2) is 0 Å². The van der Waals surface area contributed by atoms with Crippen molar-refractivity contribution >= 4 is 5.97 Å². The summed E-state index contributed by atoms with van der Waals surface area (Å²) in [6.45, 7) is 1.39. The second-order valence-corrected chi connectivity index (χ2v) is 4.08. The van der Waals surface area contributed by atoms with Gasteiger partial charge >= 0.3 is 5.97 Å². The zero-order valence-electron chi connectivity index (χ0n) is 10.5. The highest BCUT2D eigenvalue weighted by molar-refractivity contribution is 5.66. The smallest absolute Gasteiger partial charge is 0.303 e. The second-order valence-electron chi connectivity index (χ2n) is 4.08. The lowest BCUT2D eigenvalue weighted by atomic mass is 10.2. The van der Waals surface area contributed by atoms with E-state index in [2.05, 4.69) is 0 Å². The van der Waals surface area contributed by atoms with Gasteiger partial charge in [-0.05, 0) is 24.8 Å². The van der Waals surface area contributed by atoms with E-state index in [0.29, 0.717) is 13.0 Å². The van der Waals surface area contributed by atoms with Crippen LogP contribution in [0.1, 0.15) is 31.2 Å². The van der Waals surface area contributed by atoms with Crippen molar-refractivity contribution in [3.8, 4) is 0 Å². The Morgan fingerprint density at radius 2 is 1.89 bits per heavy atom. The summed E-state index contributed by atoms with van der Waals surface area (Å²) in [6, 6.07) is 10.1. The van der Waals surface area contributed by atoms with Crippen molar-refractivity contribution in [1.82, 2.24) is 0 Å². The Labute approximate surface area is 108 Å². The van der Waals surface area contributed by atoms with Gasteiger partial charge in [0.2, 0.25) is 0 Å². The van der Waals surface area contributed by atoms with E-state index in [0.717, 1.165) is 19.4 Å². The van der Waals surface area contributed by atoms with Crippen LogP contribution in [0.5, 0.6) is 0 Å². The Bertz CT molecular complexity index is 357. The number of rotatable bonds is 9. The minimum Gasteiger partial charge on any atom is -0.481 e. The fourth-order valence-corrected chi connectivity index (χ4v) is 1.51. The SMILES string of the molecule is O=C(O)CC/C=C/CCCOCc1ccccc1. The van der Waals surface area contributed by atoms with Crippen LogP contribution < -0.4 is 0 Å². The summed E-state index contributed by atoms with van der Waals surface area (Å²) in [4.78, 5) is 10.3. The molecule has 18 heavy (non-hydrogen) atoms. The van der Waals surface area contributed by atoms with E-state index in [1.165, 1.54) is 5.56 Å². The van der Waals surface area contributed by atoms with Crippen LogP contribution in [0, 0.1) is 0 Å². The number of unbranched alkanes of at least 4 members (excludes halogenated alkanes) is 1. The monoisotopic (exact) mass is 248 g/mol. The van der Waals surface area contributed by atoms with E-state index in [1.54, 1.807) is 0 Å². The first-order valence-electron chi connectivity index (χ1n) is 6.27. The minimum atomic E-state index is -0.745. The zero-order chi connectivity index (χ0) is 13.1. The van der Waals surface area contributed by atoms with Crippen molar-refractivity contribution in [2.75, 3.05) is 6.61 Å². The van der Waals surface area contributed by atoms with Crippen molar-refractivity contribution in [2.45, 2.75) is 32.3 Å². The van der Waals surface area contributed by atoms with Gasteiger partial charge in [0.15, 0.2) is 0 Å². The van der Waals surface area contributed by atoms with Crippen molar-refractivity contribution in [3.63, 3.8) is 0 Å². The number of ether oxygens (including phenoxy) is 1. The first kappa shape index (κ1) is 14.5. The molecule has 1 aromatic rings. The molecule has 3 heteroatoms. The van der Waals surface area contributed by atoms with Crippen LogP contribution in [0.15, 0.2) is 42.5 Å². The van der Waals surface area contributed by atoms with E-state index >= 15 is 0 Å². The van der Waals surface area contributed by atoms with Crippen LogP contribution in [0.25, 0.3) is 0 Å². The molecule has 0 saturated carbocycles. The second kappa shape index (κ2) is 9.42. The molecule has 0 aromatic heterocycles. The summed E-state index contributed by atoms with van der Waals surface area (Å²) in [5.74, 6) is -0.745. The third-order valence-corrected chi connectivity index (χ3v) is 2.46. The lowest BCUT2D eigenvalue weighted by molar-refractivity contribution is -0.136. The highest BCUT2D eigenvalue weighted by Crippen LogP contribution is 2.02. The number of carboxylic acids is 1. The minimum absolute atomic E-state index is 0.209. The van der Waals surface area contributed by atoms with Crippen LogP contribution in [0.2, 0.25) is 0 Å². The fraction of sp³-hybridized carbons (Fsp3) is 0.400. The van der Waals surface area contributed by atoms with E-state index in [4.69, 9.17) is 9.84 Å². The normalized spacial score (nSPS) is 10.9. The van der Waals surface area contributed by atoms with Gasteiger partial charge in [0, 0.05) is 13.0 Å². The van der Waals surface area contributed by atoms with Crippen LogP contribution in [0.4, 0.5) is 0 Å². The van der Waals surface area contributed by atoms with E-state index in [1.807, 2.05) is 42.5 Å². The van der Waals surface area contributed by atoms with E-state index in [-0.39, 0.29) is 6.42 Å². The Kier molecular flexibility index (Phi) is 7.57. The molecule has 0 heterocycles. The van der Waals surface area contributed by atoms with E-state index < -0.39 is 5.97 Å². The van der Waals surface area contributed by atoms with Gasteiger partial charge in [-0.2, -0.15) is 0 Å². The van der Waals surface area contributed by atoms with Gasteiger partial charge in [0.05, 0.1) is 6.61 Å². The maximum absolute atomic E-state index is 10.3. The number of carboxylic acid groups (broad SMARTS) is 1. The molecule has 98 valence electrons. The van der Waals surface area contributed by atoms with E-state index in [9.17, 15) is 4.79 Å². The lowest BCUT2D eigenvalue weighted by Gasteiger charge is -2.02. The molecule has 1 aromatic carbocycles. The summed E-state index contributed by atoms with van der Waals surface area (Å²) in [5.41, 5.74) is 1.19. The molecular formula is C15H20O3. The molecule has 0 radical (unpaired) electrons. The number of hydrogen-bond donors (Lipinski definition) is 1. The average Bonchev–Trinajstić information content (AvgIpc) is 2.37. The van der Waals surface area contributed by atoms with Crippen molar-refractivity contribution < 1.29 is 14.6 Å². The predicted molar refractivity (Wildman–Crippen MR) is 71.3 cm³/mol. The summed E-state index contributed by atoms with van der Waals surface area (Å²) < 4.78 is 5.54. The summed E-state index contributed by atoms with van der Waals surface area (Å²) in [5, 5.41) is 8.44. The molecule has 0 saturated heterocycles. The lowest BCUT2D eigenvalue weighted by Crippen LogP contribution is -1.94. The summed E-state index contributed by atoms with van der Waals surface area (Å²) in [7, 11) is 0. The topological polar surface area (TPSA) is 46.5 Å². The summed E-state index contributed by atoms with van der Waals surface area (Å²) in [6.07, 6.45) is 6.67. The molecule has 0 fully saturated rings. The van der Waals surface area contributed by atoms with Gasteiger partial charge in [-0.3, -0.25) is 4.79 Å². The highest BCUT2D eigenvalue weighted by Gasteiger charge is 1.92. The Morgan fingerprint density at radius 3 is 2.61 bits per heavy atom. The molecule has 0 amide bonds. The van der Waals surface area contributed by atoms with Crippen molar-refractivity contribution in [3.05, 3.63) is 48.0 Å². The van der Waals surface area contributed by atoms with Gasteiger partial charge in [0.25, 0.3) is 0 Å². The molecule has 0 unspecified atom stereocenters. The number of allylic oxidation sites excluding steroid dienone is 2. The number of aliphatic carboxylic acids is 1. The van der Waals surface area contributed by atoms with Gasteiger partial charge in [-0.1, -0.05) is 42.5 Å². The van der Waals surface area contributed by atoms with Crippen LogP contribution in [0.3, 0.4) is 0 Å². The number of hydrogen-bond acceptors (Lipinski definition) is 2. The van der Waals surface area contributed by atoms with Crippen molar-refractivity contribution in [2.24, 2.45) is 0 Å². The first-order valence-corrected chi connectivity index (χ1v) is 6.27. The average molecular weight is 248 g/mol. The molecule has 0 atom stereocenters. The quantitative estimate of drug-likeness (QED) is 0.538. The Balaban J connectivity index is 1.94. The maximum atomic E-state index is 10.3. The molecule has 3 nitrogen and oxygen atoms in total. The van der Waals surface area contributed by atoms with Crippen molar-refractivity contribution in [1.29, 1.82) is 0 Å². The van der Waals surface area contributed by atoms with Gasteiger partial charge in [0.1, 0.15) is 0 Å².